The Morgan fingerprint density at radius 3 is 2.71 bits per heavy atom. The summed E-state index contributed by atoms with van der Waals surface area (Å²) < 4.78 is 10.7. The van der Waals surface area contributed by atoms with Crippen molar-refractivity contribution in [1.82, 2.24) is 0 Å². The highest BCUT2D eigenvalue weighted by molar-refractivity contribution is 5.88. The van der Waals surface area contributed by atoms with Crippen molar-refractivity contribution in [2.24, 2.45) is 0 Å². The zero-order valence-electron chi connectivity index (χ0n) is 11.9. The molecule has 0 aliphatic heterocycles. The van der Waals surface area contributed by atoms with Gasteiger partial charge in [0.2, 0.25) is 0 Å². The lowest BCUT2D eigenvalue weighted by Gasteiger charge is -2.09. The van der Waals surface area contributed by atoms with Crippen molar-refractivity contribution in [3.05, 3.63) is 54.3 Å². The van der Waals surface area contributed by atoms with Gasteiger partial charge in [0.25, 0.3) is 0 Å². The number of rotatable bonds is 6. The molecule has 2 rings (SSSR count). The number of ether oxygens (including phenoxy) is 2. The number of carbonyl (C=O) groups excluding carboxylic acids is 1. The molecule has 0 atom stereocenters. The molecule has 2 aromatic rings. The van der Waals surface area contributed by atoms with E-state index < -0.39 is 5.97 Å². The number of aliphatic hydroxyl groups is 1. The van der Waals surface area contributed by atoms with Crippen LogP contribution in [0.4, 0.5) is 0 Å². The second-order valence-corrected chi connectivity index (χ2v) is 4.63. The van der Waals surface area contributed by atoms with Crippen molar-refractivity contribution in [2.45, 2.75) is 13.3 Å². The molecule has 0 aliphatic rings. The monoisotopic (exact) mass is 286 g/mol. The predicted octanol–water partition coefficient (Wildman–Crippen LogP) is 3.61. The summed E-state index contributed by atoms with van der Waals surface area (Å²) in [6.07, 6.45) is 1.34. The fourth-order valence-electron chi connectivity index (χ4n) is 1.89. The van der Waals surface area contributed by atoms with Gasteiger partial charge in [0.15, 0.2) is 0 Å². The molecule has 0 unspecified atom stereocenters. The van der Waals surface area contributed by atoms with E-state index in [-0.39, 0.29) is 12.2 Å². The van der Waals surface area contributed by atoms with E-state index in [1.54, 1.807) is 0 Å². The van der Waals surface area contributed by atoms with E-state index in [1.165, 1.54) is 6.92 Å². The maximum atomic E-state index is 11.3. The first-order valence-electron chi connectivity index (χ1n) is 6.81. The Kier molecular flexibility index (Phi) is 5.21. The third-order valence-corrected chi connectivity index (χ3v) is 3.04. The van der Waals surface area contributed by atoms with Crippen molar-refractivity contribution in [2.75, 3.05) is 13.2 Å². The predicted molar refractivity (Wildman–Crippen MR) is 81.4 cm³/mol. The normalized spacial score (nSPS) is 11.4. The molecule has 0 heterocycles. The summed E-state index contributed by atoms with van der Waals surface area (Å²) in [4.78, 5) is 11.3. The molecule has 0 radical (unpaired) electrons. The molecule has 0 aromatic heterocycles. The zero-order valence-corrected chi connectivity index (χ0v) is 11.9. The summed E-state index contributed by atoms with van der Waals surface area (Å²) in [5, 5.41) is 10.9. The van der Waals surface area contributed by atoms with Gasteiger partial charge in [-0.15, -0.1) is 0 Å². The number of carbonyl (C=O) groups is 1. The van der Waals surface area contributed by atoms with Crippen LogP contribution in [0.1, 0.15) is 13.3 Å². The number of esters is 1. The average molecular weight is 286 g/mol. The SMILES string of the molecule is CC(=CO)C(=O)OCCCOc1cccc2ccccc12. The van der Waals surface area contributed by atoms with E-state index in [2.05, 4.69) is 0 Å². The Morgan fingerprint density at radius 2 is 1.90 bits per heavy atom. The highest BCUT2D eigenvalue weighted by atomic mass is 16.5. The number of hydrogen-bond acceptors (Lipinski definition) is 4. The second kappa shape index (κ2) is 7.33. The molecule has 110 valence electrons. The molecule has 4 heteroatoms. The summed E-state index contributed by atoms with van der Waals surface area (Å²) in [5.74, 6) is 0.313. The zero-order chi connectivity index (χ0) is 15.1. The van der Waals surface area contributed by atoms with Crippen LogP contribution in [0.15, 0.2) is 54.3 Å². The number of hydrogen-bond donors (Lipinski definition) is 1. The lowest BCUT2D eigenvalue weighted by atomic mass is 10.1. The first-order valence-corrected chi connectivity index (χ1v) is 6.81. The Balaban J connectivity index is 1.82. The highest BCUT2D eigenvalue weighted by Crippen LogP contribution is 2.25. The van der Waals surface area contributed by atoms with Crippen LogP contribution in [0.3, 0.4) is 0 Å². The van der Waals surface area contributed by atoms with E-state index in [9.17, 15) is 4.79 Å². The fraction of sp³-hybridized carbons (Fsp3) is 0.235. The van der Waals surface area contributed by atoms with E-state index in [0.717, 1.165) is 22.8 Å². The minimum Gasteiger partial charge on any atom is -0.515 e. The molecular weight excluding hydrogens is 268 g/mol. The topological polar surface area (TPSA) is 55.8 Å². The second-order valence-electron chi connectivity index (χ2n) is 4.63. The Hall–Kier alpha value is -2.49. The molecule has 21 heavy (non-hydrogen) atoms. The van der Waals surface area contributed by atoms with Crippen molar-refractivity contribution in [1.29, 1.82) is 0 Å². The highest BCUT2D eigenvalue weighted by Gasteiger charge is 2.05. The molecule has 0 saturated carbocycles. The quantitative estimate of drug-likeness (QED) is 0.381. The minimum absolute atomic E-state index is 0.185. The first-order chi connectivity index (χ1) is 10.2. The molecule has 0 fully saturated rings. The standard InChI is InChI=1S/C17H18O4/c1-13(12-18)17(19)21-11-5-10-20-16-9-4-7-14-6-2-3-8-15(14)16/h2-4,6-9,12,18H,5,10-11H2,1H3. The van der Waals surface area contributed by atoms with E-state index in [4.69, 9.17) is 14.6 Å². The molecule has 2 aromatic carbocycles. The number of benzene rings is 2. The van der Waals surface area contributed by atoms with Crippen LogP contribution < -0.4 is 4.74 Å². The summed E-state index contributed by atoms with van der Waals surface area (Å²) in [6, 6.07) is 13.9. The van der Waals surface area contributed by atoms with Crippen LogP contribution in [0, 0.1) is 0 Å². The molecule has 0 saturated heterocycles. The van der Waals surface area contributed by atoms with Gasteiger partial charge in [0, 0.05) is 11.8 Å². The van der Waals surface area contributed by atoms with E-state index in [1.807, 2.05) is 42.5 Å². The maximum Gasteiger partial charge on any atom is 0.336 e. The molecule has 0 aliphatic carbocycles. The third kappa shape index (κ3) is 3.99. The van der Waals surface area contributed by atoms with E-state index in [0.29, 0.717) is 13.0 Å². The summed E-state index contributed by atoms with van der Waals surface area (Å²) in [6.45, 7) is 2.22. The van der Waals surface area contributed by atoms with Gasteiger partial charge in [-0.2, -0.15) is 0 Å². The summed E-state index contributed by atoms with van der Waals surface area (Å²) >= 11 is 0. The van der Waals surface area contributed by atoms with Gasteiger partial charge < -0.3 is 14.6 Å². The van der Waals surface area contributed by atoms with Gasteiger partial charge in [-0.25, -0.2) is 4.79 Å². The van der Waals surface area contributed by atoms with Crippen molar-refractivity contribution in [3.8, 4) is 5.75 Å². The largest absolute Gasteiger partial charge is 0.515 e. The summed E-state index contributed by atoms with van der Waals surface area (Å²) in [5.41, 5.74) is 0.185. The average Bonchev–Trinajstić information content (AvgIpc) is 2.53. The molecule has 0 spiro atoms. The molecule has 1 N–H and O–H groups in total. The van der Waals surface area contributed by atoms with Crippen LogP contribution in [0.2, 0.25) is 0 Å². The van der Waals surface area contributed by atoms with Crippen LogP contribution in [0.5, 0.6) is 5.75 Å². The van der Waals surface area contributed by atoms with Crippen molar-refractivity contribution >= 4 is 16.7 Å². The lowest BCUT2D eigenvalue weighted by Crippen LogP contribution is -2.09. The smallest absolute Gasteiger partial charge is 0.336 e. The van der Waals surface area contributed by atoms with Crippen molar-refractivity contribution in [3.63, 3.8) is 0 Å². The number of fused-ring (bicyclic) bond motifs is 1. The first kappa shape index (κ1) is 14.9. The van der Waals surface area contributed by atoms with Gasteiger partial charge in [-0.05, 0) is 18.4 Å². The Morgan fingerprint density at radius 1 is 1.14 bits per heavy atom. The van der Waals surface area contributed by atoms with Crippen molar-refractivity contribution < 1.29 is 19.4 Å². The molecule has 4 nitrogen and oxygen atoms in total. The Bertz CT molecular complexity index is 641. The molecule has 0 bridgehead atoms. The van der Waals surface area contributed by atoms with Crippen LogP contribution >= 0.6 is 0 Å². The lowest BCUT2D eigenvalue weighted by molar-refractivity contribution is -0.139. The van der Waals surface area contributed by atoms with Crippen LogP contribution in [0.25, 0.3) is 10.8 Å². The summed E-state index contributed by atoms with van der Waals surface area (Å²) in [7, 11) is 0. The number of aliphatic hydroxyl groups excluding tert-OH is 1. The Labute approximate surface area is 123 Å². The minimum atomic E-state index is -0.511. The third-order valence-electron chi connectivity index (χ3n) is 3.04. The van der Waals surface area contributed by atoms with Gasteiger partial charge in [-0.1, -0.05) is 36.4 Å². The molecule has 0 amide bonds. The maximum absolute atomic E-state index is 11.3. The van der Waals surface area contributed by atoms with E-state index >= 15 is 0 Å². The fourth-order valence-corrected chi connectivity index (χ4v) is 1.89. The van der Waals surface area contributed by atoms with Gasteiger partial charge in [-0.3, -0.25) is 0 Å². The van der Waals surface area contributed by atoms with Gasteiger partial charge in [0.1, 0.15) is 5.75 Å². The molecular formula is C17H18O4. The van der Waals surface area contributed by atoms with Gasteiger partial charge in [0.05, 0.1) is 25.0 Å². The van der Waals surface area contributed by atoms with Gasteiger partial charge >= 0.3 is 5.97 Å². The van der Waals surface area contributed by atoms with Crippen LogP contribution in [-0.4, -0.2) is 24.3 Å². The van der Waals surface area contributed by atoms with Crippen LogP contribution in [-0.2, 0) is 9.53 Å².